The zero-order chi connectivity index (χ0) is 18.5. The van der Waals surface area contributed by atoms with E-state index < -0.39 is 0 Å². The van der Waals surface area contributed by atoms with Gasteiger partial charge in [-0.25, -0.2) is 0 Å². The second-order valence-corrected chi connectivity index (χ2v) is 7.60. The Bertz CT molecular complexity index is 888. The molecule has 2 aliphatic rings. The number of carbonyl (C=O) groups is 2. The number of aryl methyl sites for hydroxylation is 1. The molecular weight excluding hydrogens is 330 g/mol. The first-order valence-corrected chi connectivity index (χ1v) is 9.13. The first-order chi connectivity index (χ1) is 12.4. The Kier molecular flexibility index (Phi) is 3.93. The van der Waals surface area contributed by atoms with Crippen LogP contribution in [0.2, 0.25) is 0 Å². The maximum atomic E-state index is 13.2. The summed E-state index contributed by atoms with van der Waals surface area (Å²) in [5, 5.41) is 0.984. The van der Waals surface area contributed by atoms with Crippen molar-refractivity contribution in [2.45, 2.75) is 19.3 Å². The van der Waals surface area contributed by atoms with Crippen LogP contribution in [0.4, 0.5) is 0 Å². The van der Waals surface area contributed by atoms with E-state index in [1.54, 1.807) is 7.11 Å². The lowest BCUT2D eigenvalue weighted by molar-refractivity contribution is -0.143. The summed E-state index contributed by atoms with van der Waals surface area (Å²) in [6.45, 7) is 1.99. The second-order valence-electron chi connectivity index (χ2n) is 7.60. The van der Waals surface area contributed by atoms with Crippen LogP contribution in [0.3, 0.4) is 0 Å². The van der Waals surface area contributed by atoms with Gasteiger partial charge in [0.2, 0.25) is 5.91 Å². The summed E-state index contributed by atoms with van der Waals surface area (Å²) in [6, 6.07) is 7.73. The molecule has 1 spiro atoms. The van der Waals surface area contributed by atoms with Gasteiger partial charge in [0.05, 0.1) is 12.5 Å². The highest BCUT2D eigenvalue weighted by Crippen LogP contribution is 2.40. The fraction of sp³-hybridized carbons (Fsp3) is 0.500. The van der Waals surface area contributed by atoms with Crippen LogP contribution in [0.1, 0.15) is 29.8 Å². The van der Waals surface area contributed by atoms with Crippen LogP contribution >= 0.6 is 0 Å². The van der Waals surface area contributed by atoms with Crippen molar-refractivity contribution in [3.8, 4) is 5.75 Å². The fourth-order valence-corrected chi connectivity index (χ4v) is 4.51. The predicted octanol–water partition coefficient (Wildman–Crippen LogP) is 2.27. The second kappa shape index (κ2) is 6.04. The molecule has 1 aromatic heterocycles. The Morgan fingerprint density at radius 1 is 1.15 bits per heavy atom. The van der Waals surface area contributed by atoms with Crippen LogP contribution in [0, 0.1) is 5.41 Å². The number of likely N-dealkylation sites (tertiary alicyclic amines) is 2. The van der Waals surface area contributed by atoms with Gasteiger partial charge in [-0.2, -0.15) is 0 Å². The van der Waals surface area contributed by atoms with Gasteiger partial charge in [-0.15, -0.1) is 0 Å². The van der Waals surface area contributed by atoms with Crippen LogP contribution in [-0.2, 0) is 11.8 Å². The van der Waals surface area contributed by atoms with Crippen molar-refractivity contribution in [2.24, 2.45) is 12.5 Å². The van der Waals surface area contributed by atoms with Crippen LogP contribution in [0.5, 0.6) is 5.75 Å². The summed E-state index contributed by atoms with van der Waals surface area (Å²) in [6.07, 6.45) is 2.66. The van der Waals surface area contributed by atoms with Crippen molar-refractivity contribution >= 4 is 22.7 Å². The van der Waals surface area contributed by atoms with Crippen molar-refractivity contribution in [1.29, 1.82) is 0 Å². The third kappa shape index (κ3) is 2.47. The van der Waals surface area contributed by atoms with Gasteiger partial charge in [-0.05, 0) is 43.5 Å². The van der Waals surface area contributed by atoms with E-state index in [1.807, 2.05) is 52.7 Å². The molecule has 2 aliphatic heterocycles. The summed E-state index contributed by atoms with van der Waals surface area (Å²) in [4.78, 5) is 29.5. The molecule has 2 saturated heterocycles. The normalized spacial score (nSPS) is 23.3. The molecule has 6 heteroatoms. The van der Waals surface area contributed by atoms with Crippen LogP contribution in [-0.4, -0.2) is 60.0 Å². The predicted molar refractivity (Wildman–Crippen MR) is 99.3 cm³/mol. The largest absolute Gasteiger partial charge is 0.497 e. The summed E-state index contributed by atoms with van der Waals surface area (Å²) in [5.41, 5.74) is 1.27. The summed E-state index contributed by atoms with van der Waals surface area (Å²) < 4.78 is 7.21. The first kappa shape index (κ1) is 16.9. The molecule has 3 heterocycles. The minimum atomic E-state index is -0.379. The molecule has 6 nitrogen and oxygen atoms in total. The summed E-state index contributed by atoms with van der Waals surface area (Å²) in [7, 11) is 5.41. The summed E-state index contributed by atoms with van der Waals surface area (Å²) in [5.74, 6) is 0.972. The number of aromatic nitrogens is 1. The Labute approximate surface area is 153 Å². The SMILES string of the molecule is COc1ccc2c(c1)cc(C(=O)N1CCC3(CCCN(C)C3=O)C1)n2C. The van der Waals surface area contributed by atoms with E-state index in [4.69, 9.17) is 4.74 Å². The minimum absolute atomic E-state index is 0.000526. The topological polar surface area (TPSA) is 54.8 Å². The number of hydrogen-bond donors (Lipinski definition) is 0. The van der Waals surface area contributed by atoms with Gasteiger partial charge < -0.3 is 19.1 Å². The maximum absolute atomic E-state index is 13.2. The highest BCUT2D eigenvalue weighted by Gasteiger charge is 2.48. The molecule has 26 heavy (non-hydrogen) atoms. The van der Waals surface area contributed by atoms with Crippen LogP contribution < -0.4 is 4.74 Å². The Morgan fingerprint density at radius 2 is 1.96 bits per heavy atom. The van der Waals surface area contributed by atoms with Crippen molar-refractivity contribution in [3.63, 3.8) is 0 Å². The smallest absolute Gasteiger partial charge is 0.270 e. The third-order valence-electron chi connectivity index (χ3n) is 6.06. The van der Waals surface area contributed by atoms with Gasteiger partial charge >= 0.3 is 0 Å². The molecule has 0 saturated carbocycles. The molecule has 0 bridgehead atoms. The quantitative estimate of drug-likeness (QED) is 0.830. The molecule has 0 aliphatic carbocycles. The third-order valence-corrected chi connectivity index (χ3v) is 6.06. The molecule has 2 aromatic rings. The van der Waals surface area contributed by atoms with E-state index in [9.17, 15) is 9.59 Å². The standard InChI is InChI=1S/C20H25N3O3/c1-21-9-4-7-20(19(21)25)8-10-23(13-20)18(24)17-12-14-11-15(26-3)5-6-16(14)22(17)2/h5-6,11-12H,4,7-10,13H2,1-3H3. The molecule has 1 atom stereocenters. The average Bonchev–Trinajstić information content (AvgIpc) is 3.21. The number of methoxy groups -OCH3 is 1. The minimum Gasteiger partial charge on any atom is -0.497 e. The maximum Gasteiger partial charge on any atom is 0.270 e. The van der Waals surface area contributed by atoms with E-state index in [0.717, 1.165) is 42.5 Å². The molecule has 1 unspecified atom stereocenters. The number of benzene rings is 1. The van der Waals surface area contributed by atoms with E-state index >= 15 is 0 Å². The zero-order valence-electron chi connectivity index (χ0n) is 15.6. The fourth-order valence-electron chi connectivity index (χ4n) is 4.51. The van der Waals surface area contributed by atoms with Crippen molar-refractivity contribution < 1.29 is 14.3 Å². The highest BCUT2D eigenvalue weighted by atomic mass is 16.5. The number of amides is 2. The highest BCUT2D eigenvalue weighted by molar-refractivity contribution is 5.99. The van der Waals surface area contributed by atoms with Crippen molar-refractivity contribution in [1.82, 2.24) is 14.4 Å². The molecule has 2 fully saturated rings. The van der Waals surface area contributed by atoms with Crippen LogP contribution in [0.25, 0.3) is 10.9 Å². The molecule has 0 radical (unpaired) electrons. The number of carbonyl (C=O) groups excluding carboxylic acids is 2. The number of rotatable bonds is 2. The molecule has 4 rings (SSSR count). The number of piperidine rings is 1. The van der Waals surface area contributed by atoms with Gasteiger partial charge in [-0.3, -0.25) is 9.59 Å². The molecule has 1 aromatic carbocycles. The van der Waals surface area contributed by atoms with Gasteiger partial charge in [0, 0.05) is 44.6 Å². The van der Waals surface area contributed by atoms with Gasteiger partial charge in [0.15, 0.2) is 0 Å². The Balaban J connectivity index is 1.62. The lowest BCUT2D eigenvalue weighted by atomic mass is 9.78. The monoisotopic (exact) mass is 355 g/mol. The van der Waals surface area contributed by atoms with Gasteiger partial charge in [0.25, 0.3) is 5.91 Å². The number of nitrogens with zero attached hydrogens (tertiary/aromatic N) is 3. The summed E-state index contributed by atoms with van der Waals surface area (Å²) >= 11 is 0. The Hall–Kier alpha value is -2.50. The van der Waals surface area contributed by atoms with E-state index in [-0.39, 0.29) is 17.2 Å². The van der Waals surface area contributed by atoms with Gasteiger partial charge in [-0.1, -0.05) is 0 Å². The Morgan fingerprint density at radius 3 is 2.73 bits per heavy atom. The average molecular weight is 355 g/mol. The van der Waals surface area contributed by atoms with Crippen molar-refractivity contribution in [3.05, 3.63) is 30.0 Å². The molecule has 2 amide bonds. The van der Waals surface area contributed by atoms with Crippen LogP contribution in [0.15, 0.2) is 24.3 Å². The van der Waals surface area contributed by atoms with E-state index in [1.165, 1.54) is 0 Å². The van der Waals surface area contributed by atoms with Crippen molar-refractivity contribution in [2.75, 3.05) is 33.8 Å². The number of hydrogen-bond acceptors (Lipinski definition) is 3. The molecule has 138 valence electrons. The van der Waals surface area contributed by atoms with E-state index in [2.05, 4.69) is 0 Å². The first-order valence-electron chi connectivity index (χ1n) is 9.13. The number of ether oxygens (including phenoxy) is 1. The lowest BCUT2D eigenvalue weighted by Crippen LogP contribution is -2.48. The molecular formula is C20H25N3O3. The number of fused-ring (bicyclic) bond motifs is 1. The lowest BCUT2D eigenvalue weighted by Gasteiger charge is -2.37. The van der Waals surface area contributed by atoms with Gasteiger partial charge in [0.1, 0.15) is 11.4 Å². The molecule has 0 N–H and O–H groups in total. The van der Waals surface area contributed by atoms with E-state index in [0.29, 0.717) is 18.8 Å². The zero-order valence-corrected chi connectivity index (χ0v) is 15.6.